The molecule has 0 spiro atoms. The Morgan fingerprint density at radius 3 is 2.96 bits per heavy atom. The highest BCUT2D eigenvalue weighted by atomic mass is 15.1. The van der Waals surface area contributed by atoms with E-state index in [1.54, 1.807) is 0 Å². The van der Waals surface area contributed by atoms with Gasteiger partial charge in [-0.25, -0.2) is 4.98 Å². The lowest BCUT2D eigenvalue weighted by atomic mass is 9.95. The van der Waals surface area contributed by atoms with Crippen molar-refractivity contribution < 1.29 is 1.43 Å². The van der Waals surface area contributed by atoms with Gasteiger partial charge in [0.05, 0.1) is 0 Å². The Labute approximate surface area is 144 Å². The Hall–Kier alpha value is -2.39. The number of rotatable bonds is 4. The minimum Gasteiger partial charge on any atom is -0.346 e. The van der Waals surface area contributed by atoms with E-state index in [2.05, 4.69) is 70.5 Å². The average molecular weight is 319 g/mol. The van der Waals surface area contributed by atoms with E-state index in [9.17, 15) is 0 Å². The summed E-state index contributed by atoms with van der Waals surface area (Å²) in [5.74, 6) is 0.575. The molecule has 1 N–H and O–H groups in total. The molecule has 0 radical (unpaired) electrons. The fourth-order valence-corrected chi connectivity index (χ4v) is 3.66. The highest BCUT2D eigenvalue weighted by molar-refractivity contribution is 5.91. The number of fused-ring (bicyclic) bond motifs is 1. The SMILES string of the molecule is CC1C=C(c2c[nH]c3ncccc23)CN(CCc2ccccc2)C1.[HH]. The van der Waals surface area contributed by atoms with Gasteiger partial charge < -0.3 is 4.98 Å². The normalized spacial score (nSPS) is 18.7. The Morgan fingerprint density at radius 1 is 1.21 bits per heavy atom. The summed E-state index contributed by atoms with van der Waals surface area (Å²) < 4.78 is 0. The molecule has 1 atom stereocenters. The molecule has 0 aliphatic carbocycles. The molecular weight excluding hydrogens is 294 g/mol. The van der Waals surface area contributed by atoms with E-state index in [-0.39, 0.29) is 1.43 Å². The van der Waals surface area contributed by atoms with E-state index >= 15 is 0 Å². The molecule has 3 heteroatoms. The molecule has 0 bridgehead atoms. The molecule has 1 unspecified atom stereocenters. The Bertz CT molecular complexity index is 854. The van der Waals surface area contributed by atoms with Gasteiger partial charge in [0, 0.05) is 44.4 Å². The van der Waals surface area contributed by atoms with Crippen molar-refractivity contribution >= 4 is 16.6 Å². The van der Waals surface area contributed by atoms with Crippen LogP contribution in [0.3, 0.4) is 0 Å². The lowest BCUT2D eigenvalue weighted by Gasteiger charge is -2.30. The lowest BCUT2D eigenvalue weighted by Crippen LogP contribution is -2.35. The maximum absolute atomic E-state index is 4.41. The fourth-order valence-electron chi connectivity index (χ4n) is 3.66. The summed E-state index contributed by atoms with van der Waals surface area (Å²) in [7, 11) is 0. The van der Waals surface area contributed by atoms with Crippen molar-refractivity contribution in [1.29, 1.82) is 0 Å². The molecule has 124 valence electrons. The number of nitrogens with one attached hydrogen (secondary N) is 1. The first-order valence-corrected chi connectivity index (χ1v) is 8.69. The van der Waals surface area contributed by atoms with Crippen LogP contribution in [0.25, 0.3) is 16.6 Å². The molecule has 0 saturated carbocycles. The van der Waals surface area contributed by atoms with Gasteiger partial charge in [0.1, 0.15) is 5.65 Å². The summed E-state index contributed by atoms with van der Waals surface area (Å²) in [6, 6.07) is 14.9. The van der Waals surface area contributed by atoms with Gasteiger partial charge in [0.15, 0.2) is 0 Å². The number of hydrogen-bond donors (Lipinski definition) is 1. The van der Waals surface area contributed by atoms with Crippen LogP contribution in [0, 0.1) is 5.92 Å². The minimum atomic E-state index is 0. The molecule has 1 aliphatic heterocycles. The summed E-state index contributed by atoms with van der Waals surface area (Å²) in [5.41, 5.74) is 5.11. The molecule has 3 heterocycles. The third kappa shape index (κ3) is 3.13. The second-order valence-electron chi connectivity index (χ2n) is 6.74. The Morgan fingerprint density at radius 2 is 2.08 bits per heavy atom. The van der Waals surface area contributed by atoms with E-state index in [1.807, 2.05) is 12.3 Å². The zero-order valence-corrected chi connectivity index (χ0v) is 14.1. The molecule has 1 aliphatic rings. The summed E-state index contributed by atoms with van der Waals surface area (Å²) in [6.45, 7) is 5.56. The number of aromatic nitrogens is 2. The van der Waals surface area contributed by atoms with Gasteiger partial charge in [-0.2, -0.15) is 0 Å². The highest BCUT2D eigenvalue weighted by Gasteiger charge is 2.20. The van der Waals surface area contributed by atoms with Gasteiger partial charge in [-0.15, -0.1) is 0 Å². The molecule has 0 fully saturated rings. The van der Waals surface area contributed by atoms with Crippen LogP contribution < -0.4 is 0 Å². The molecule has 4 rings (SSSR count). The van der Waals surface area contributed by atoms with Crippen LogP contribution in [-0.2, 0) is 6.42 Å². The zero-order valence-electron chi connectivity index (χ0n) is 14.1. The van der Waals surface area contributed by atoms with Gasteiger partial charge in [0.2, 0.25) is 0 Å². The number of aromatic amines is 1. The smallest absolute Gasteiger partial charge is 0.137 e. The fraction of sp³-hybridized carbons (Fsp3) is 0.286. The zero-order chi connectivity index (χ0) is 16.4. The standard InChI is InChI=1S/C21H23N3.H2/c1-16-12-18(20-13-23-21-19(20)8-5-10-22-21)15-24(14-16)11-9-17-6-3-2-4-7-17;/h2-8,10,12-13,16H,9,11,14-15H2,1H3,(H,22,23);1H. The van der Waals surface area contributed by atoms with Crippen LogP contribution in [0.2, 0.25) is 0 Å². The third-order valence-corrected chi connectivity index (χ3v) is 4.78. The van der Waals surface area contributed by atoms with E-state index in [0.717, 1.165) is 31.7 Å². The second-order valence-corrected chi connectivity index (χ2v) is 6.74. The number of hydrogen-bond acceptors (Lipinski definition) is 2. The molecule has 3 aromatic rings. The first-order chi connectivity index (χ1) is 11.8. The van der Waals surface area contributed by atoms with Crippen molar-refractivity contribution in [2.24, 2.45) is 5.92 Å². The van der Waals surface area contributed by atoms with Crippen molar-refractivity contribution in [1.82, 2.24) is 14.9 Å². The van der Waals surface area contributed by atoms with Crippen LogP contribution in [0.15, 0.2) is 60.9 Å². The summed E-state index contributed by atoms with van der Waals surface area (Å²) in [6.07, 6.45) is 7.48. The quantitative estimate of drug-likeness (QED) is 0.773. The first kappa shape index (κ1) is 15.2. The van der Waals surface area contributed by atoms with Crippen LogP contribution in [-0.4, -0.2) is 34.5 Å². The summed E-state index contributed by atoms with van der Waals surface area (Å²) in [4.78, 5) is 10.3. The maximum atomic E-state index is 4.41. The lowest BCUT2D eigenvalue weighted by molar-refractivity contribution is 0.275. The topological polar surface area (TPSA) is 31.9 Å². The van der Waals surface area contributed by atoms with Crippen molar-refractivity contribution in [3.05, 3.63) is 72.1 Å². The van der Waals surface area contributed by atoms with E-state index in [1.165, 1.54) is 22.1 Å². The van der Waals surface area contributed by atoms with Gasteiger partial charge in [-0.1, -0.05) is 43.3 Å². The van der Waals surface area contributed by atoms with Crippen LogP contribution in [0.4, 0.5) is 0 Å². The summed E-state index contributed by atoms with van der Waals surface area (Å²) >= 11 is 0. The molecule has 0 amide bonds. The van der Waals surface area contributed by atoms with Crippen molar-refractivity contribution in [2.75, 3.05) is 19.6 Å². The van der Waals surface area contributed by atoms with E-state index in [4.69, 9.17) is 0 Å². The van der Waals surface area contributed by atoms with Crippen LogP contribution >= 0.6 is 0 Å². The van der Waals surface area contributed by atoms with E-state index in [0.29, 0.717) is 5.92 Å². The predicted octanol–water partition coefficient (Wildman–Crippen LogP) is 4.39. The van der Waals surface area contributed by atoms with Gasteiger partial charge >= 0.3 is 0 Å². The molecule has 0 saturated heterocycles. The number of H-pyrrole nitrogens is 1. The first-order valence-electron chi connectivity index (χ1n) is 8.69. The molecular formula is C21H25N3. The largest absolute Gasteiger partial charge is 0.346 e. The van der Waals surface area contributed by atoms with E-state index < -0.39 is 0 Å². The molecule has 24 heavy (non-hydrogen) atoms. The number of nitrogens with zero attached hydrogens (tertiary/aromatic N) is 2. The van der Waals surface area contributed by atoms with Crippen LogP contribution in [0.5, 0.6) is 0 Å². The monoisotopic (exact) mass is 319 g/mol. The van der Waals surface area contributed by atoms with Gasteiger partial charge in [0.25, 0.3) is 0 Å². The molecule has 3 nitrogen and oxygen atoms in total. The average Bonchev–Trinajstić information content (AvgIpc) is 3.05. The number of benzene rings is 1. The molecule has 2 aromatic heterocycles. The van der Waals surface area contributed by atoms with Gasteiger partial charge in [-0.3, -0.25) is 4.90 Å². The van der Waals surface area contributed by atoms with Crippen molar-refractivity contribution in [2.45, 2.75) is 13.3 Å². The van der Waals surface area contributed by atoms with Crippen molar-refractivity contribution in [3.63, 3.8) is 0 Å². The summed E-state index contributed by atoms with van der Waals surface area (Å²) in [5, 5.41) is 1.22. The van der Waals surface area contributed by atoms with Crippen LogP contribution in [0.1, 0.15) is 19.5 Å². The maximum Gasteiger partial charge on any atom is 0.137 e. The van der Waals surface area contributed by atoms with Crippen molar-refractivity contribution in [3.8, 4) is 0 Å². The minimum absolute atomic E-state index is 0. The predicted molar refractivity (Wildman–Crippen MR) is 102 cm³/mol. The molecule has 1 aromatic carbocycles. The van der Waals surface area contributed by atoms with Gasteiger partial charge in [-0.05, 0) is 35.6 Å². The Balaban J connectivity index is 0.00000182. The Kier molecular flexibility index (Phi) is 4.18. The third-order valence-electron chi connectivity index (χ3n) is 4.78. The number of pyridine rings is 1. The highest BCUT2D eigenvalue weighted by Crippen LogP contribution is 2.28. The second kappa shape index (κ2) is 6.62.